The largest absolute Gasteiger partial charge is 0.307 e. The normalized spacial score (nSPS) is 19.5. The Hall–Kier alpha value is -1.65. The van der Waals surface area contributed by atoms with Gasteiger partial charge in [0, 0.05) is 23.6 Å². The number of rotatable bonds is 2. The molecule has 1 aromatic carbocycles. The summed E-state index contributed by atoms with van der Waals surface area (Å²) in [7, 11) is 1.30. The molecule has 1 aliphatic heterocycles. The maximum atomic E-state index is 13.8. The molecule has 1 saturated heterocycles. The van der Waals surface area contributed by atoms with Crippen LogP contribution in [0, 0.1) is 17.1 Å². The van der Waals surface area contributed by atoms with E-state index in [0.29, 0.717) is 0 Å². The van der Waals surface area contributed by atoms with Crippen LogP contribution in [0.3, 0.4) is 0 Å². The summed E-state index contributed by atoms with van der Waals surface area (Å²) in [4.78, 5) is 12.7. The summed E-state index contributed by atoms with van der Waals surface area (Å²) >= 11 is 0. The first kappa shape index (κ1) is 13.8. The summed E-state index contributed by atoms with van der Waals surface area (Å²) in [5.74, 6) is -1.32. The third kappa shape index (κ3) is 2.55. The summed E-state index contributed by atoms with van der Waals surface area (Å²) in [6, 6.07) is 5.57. The van der Waals surface area contributed by atoms with Gasteiger partial charge in [-0.25, -0.2) is 12.8 Å². The second-order valence-corrected chi connectivity index (χ2v) is 6.96. The number of hydrogen-bond acceptors (Lipinski definition) is 4. The van der Waals surface area contributed by atoms with Crippen LogP contribution in [0.4, 0.5) is 10.1 Å². The molecule has 1 atom stereocenters. The number of carbonyl (C=O) groups is 1. The number of amides is 1. The highest BCUT2D eigenvalue weighted by molar-refractivity contribution is 8.14. The van der Waals surface area contributed by atoms with Gasteiger partial charge in [0.05, 0.1) is 11.3 Å². The summed E-state index contributed by atoms with van der Waals surface area (Å²) in [6.45, 7) is -0.250. The van der Waals surface area contributed by atoms with Crippen LogP contribution in [0.1, 0.15) is 12.0 Å². The lowest BCUT2D eigenvalue weighted by Gasteiger charge is -2.18. The van der Waals surface area contributed by atoms with Crippen LogP contribution in [0.25, 0.3) is 0 Å². The summed E-state index contributed by atoms with van der Waals surface area (Å²) in [6.07, 6.45) is -0.314. The first-order valence-electron chi connectivity index (χ1n) is 5.27. The van der Waals surface area contributed by atoms with Gasteiger partial charge in [-0.2, -0.15) is 5.26 Å². The van der Waals surface area contributed by atoms with Crippen molar-refractivity contribution in [3.63, 3.8) is 0 Å². The third-order valence-corrected chi connectivity index (χ3v) is 4.73. The van der Waals surface area contributed by atoms with Crippen molar-refractivity contribution in [3.8, 4) is 6.07 Å². The standard InChI is InChI=1S/C11H8ClFN2O3S/c12-19(17,18)8-4-10(16)15(6-8)11-7(5-14)2-1-3-9(11)13/h1-3,8H,4,6H2. The lowest BCUT2D eigenvalue weighted by atomic mass is 10.1. The molecule has 0 aromatic heterocycles. The van der Waals surface area contributed by atoms with Crippen molar-refractivity contribution in [2.45, 2.75) is 11.7 Å². The van der Waals surface area contributed by atoms with E-state index < -0.39 is 26.0 Å². The minimum absolute atomic E-state index is 0.0269. The van der Waals surface area contributed by atoms with Gasteiger partial charge in [0.1, 0.15) is 17.1 Å². The van der Waals surface area contributed by atoms with Gasteiger partial charge in [-0.3, -0.25) is 4.79 Å². The van der Waals surface area contributed by atoms with Crippen molar-refractivity contribution in [1.82, 2.24) is 0 Å². The molecule has 1 aliphatic rings. The second kappa shape index (κ2) is 4.79. The van der Waals surface area contributed by atoms with Gasteiger partial charge in [0.2, 0.25) is 15.0 Å². The van der Waals surface area contributed by atoms with Crippen LogP contribution in [-0.2, 0) is 13.8 Å². The first-order valence-corrected chi connectivity index (χ1v) is 7.64. The van der Waals surface area contributed by atoms with E-state index in [9.17, 15) is 17.6 Å². The Balaban J connectivity index is 2.45. The fourth-order valence-electron chi connectivity index (χ4n) is 1.96. The van der Waals surface area contributed by atoms with Crippen molar-refractivity contribution in [2.75, 3.05) is 11.4 Å². The molecule has 8 heteroatoms. The Morgan fingerprint density at radius 2 is 2.16 bits per heavy atom. The Labute approximate surface area is 113 Å². The van der Waals surface area contributed by atoms with E-state index in [0.717, 1.165) is 11.0 Å². The summed E-state index contributed by atoms with van der Waals surface area (Å²) < 4.78 is 36.2. The lowest BCUT2D eigenvalue weighted by molar-refractivity contribution is -0.117. The second-order valence-electron chi connectivity index (χ2n) is 4.05. The van der Waals surface area contributed by atoms with Crippen LogP contribution < -0.4 is 4.90 Å². The van der Waals surface area contributed by atoms with Gasteiger partial charge in [-0.05, 0) is 12.1 Å². The molecule has 2 rings (SSSR count). The monoisotopic (exact) mass is 302 g/mol. The van der Waals surface area contributed by atoms with Crippen molar-refractivity contribution in [3.05, 3.63) is 29.6 Å². The van der Waals surface area contributed by atoms with E-state index in [1.165, 1.54) is 12.1 Å². The van der Waals surface area contributed by atoms with Crippen molar-refractivity contribution < 1.29 is 17.6 Å². The van der Waals surface area contributed by atoms with Crippen LogP contribution in [-0.4, -0.2) is 26.1 Å². The van der Waals surface area contributed by atoms with Gasteiger partial charge >= 0.3 is 0 Å². The van der Waals surface area contributed by atoms with Crippen molar-refractivity contribution >= 4 is 31.3 Å². The SMILES string of the molecule is N#Cc1cccc(F)c1N1CC(S(=O)(=O)Cl)CC1=O. The predicted octanol–water partition coefficient (Wildman–Crippen LogP) is 1.37. The Morgan fingerprint density at radius 1 is 1.47 bits per heavy atom. The first-order chi connectivity index (χ1) is 8.84. The Kier molecular flexibility index (Phi) is 3.47. The Bertz CT molecular complexity index is 684. The molecular formula is C11H8ClFN2O3S. The molecule has 0 N–H and O–H groups in total. The molecule has 0 radical (unpaired) electrons. The smallest absolute Gasteiger partial charge is 0.237 e. The molecule has 1 unspecified atom stereocenters. The molecular weight excluding hydrogens is 295 g/mol. The van der Waals surface area contributed by atoms with Gasteiger partial charge in [-0.15, -0.1) is 0 Å². The summed E-state index contributed by atoms with van der Waals surface area (Å²) in [5, 5.41) is 7.83. The number of carbonyl (C=O) groups excluding carboxylic acids is 1. The highest BCUT2D eigenvalue weighted by Gasteiger charge is 2.39. The number of halogens is 2. The highest BCUT2D eigenvalue weighted by Crippen LogP contribution is 2.31. The molecule has 1 heterocycles. The van der Waals surface area contributed by atoms with Crippen molar-refractivity contribution in [2.24, 2.45) is 0 Å². The molecule has 1 fully saturated rings. The molecule has 1 amide bonds. The van der Waals surface area contributed by atoms with E-state index in [1.807, 2.05) is 0 Å². The van der Waals surface area contributed by atoms with E-state index in [4.69, 9.17) is 15.9 Å². The molecule has 0 bridgehead atoms. The van der Waals surface area contributed by atoms with Gasteiger partial charge in [-0.1, -0.05) is 6.07 Å². The average Bonchev–Trinajstić information content (AvgIpc) is 2.70. The van der Waals surface area contributed by atoms with Gasteiger partial charge < -0.3 is 4.90 Å². The van der Waals surface area contributed by atoms with Crippen LogP contribution >= 0.6 is 10.7 Å². The minimum Gasteiger partial charge on any atom is -0.307 e. The fraction of sp³-hybridized carbons (Fsp3) is 0.273. The Morgan fingerprint density at radius 3 is 2.68 bits per heavy atom. The number of hydrogen-bond donors (Lipinski definition) is 0. The van der Waals surface area contributed by atoms with Crippen LogP contribution in [0.2, 0.25) is 0 Å². The number of anilines is 1. The molecule has 100 valence electrons. The van der Waals surface area contributed by atoms with E-state index in [2.05, 4.69) is 0 Å². The number of nitrogens with zero attached hydrogens (tertiary/aromatic N) is 2. The van der Waals surface area contributed by atoms with Crippen LogP contribution in [0.15, 0.2) is 18.2 Å². The number of para-hydroxylation sites is 1. The highest BCUT2D eigenvalue weighted by atomic mass is 35.7. The zero-order valence-electron chi connectivity index (χ0n) is 9.51. The lowest BCUT2D eigenvalue weighted by Crippen LogP contribution is -2.28. The molecule has 0 saturated carbocycles. The topological polar surface area (TPSA) is 78.2 Å². The zero-order valence-corrected chi connectivity index (χ0v) is 11.1. The van der Waals surface area contributed by atoms with E-state index in [1.54, 1.807) is 6.07 Å². The zero-order chi connectivity index (χ0) is 14.2. The number of nitriles is 1. The predicted molar refractivity (Wildman–Crippen MR) is 66.6 cm³/mol. The maximum absolute atomic E-state index is 13.8. The molecule has 5 nitrogen and oxygen atoms in total. The molecule has 1 aromatic rings. The van der Waals surface area contributed by atoms with Gasteiger partial charge in [0.15, 0.2) is 0 Å². The third-order valence-electron chi connectivity index (χ3n) is 2.86. The van der Waals surface area contributed by atoms with E-state index in [-0.39, 0.29) is 24.2 Å². The maximum Gasteiger partial charge on any atom is 0.237 e. The van der Waals surface area contributed by atoms with Gasteiger partial charge in [0.25, 0.3) is 0 Å². The average molecular weight is 303 g/mol. The fourth-order valence-corrected chi connectivity index (χ4v) is 2.99. The summed E-state index contributed by atoms with van der Waals surface area (Å²) in [5.41, 5.74) is -0.223. The van der Waals surface area contributed by atoms with Crippen molar-refractivity contribution in [1.29, 1.82) is 5.26 Å². The van der Waals surface area contributed by atoms with Crippen LogP contribution in [0.5, 0.6) is 0 Å². The minimum atomic E-state index is -3.90. The number of benzene rings is 1. The quantitative estimate of drug-likeness (QED) is 0.773. The van der Waals surface area contributed by atoms with E-state index >= 15 is 0 Å². The molecule has 0 aliphatic carbocycles. The molecule has 0 spiro atoms. The molecule has 19 heavy (non-hydrogen) atoms.